The Morgan fingerprint density at radius 2 is 2.11 bits per heavy atom. The summed E-state index contributed by atoms with van der Waals surface area (Å²) in [7, 11) is 1.91. The monoisotopic (exact) mass is 294 g/mol. The van der Waals surface area contributed by atoms with Crippen molar-refractivity contribution in [1.29, 1.82) is 5.26 Å². The van der Waals surface area contributed by atoms with E-state index in [2.05, 4.69) is 0 Å². The molecule has 1 aromatic heterocycles. The lowest BCUT2D eigenvalue weighted by molar-refractivity contribution is 0.316. The first-order chi connectivity index (χ1) is 9.10. The first kappa shape index (κ1) is 14.0. The maximum absolute atomic E-state index is 13.9. The summed E-state index contributed by atoms with van der Waals surface area (Å²) >= 11 is 7.39. The van der Waals surface area contributed by atoms with Crippen molar-refractivity contribution >= 4 is 22.9 Å². The highest BCUT2D eigenvalue weighted by Gasteiger charge is 2.10. The number of hydrogen-bond donors (Lipinski definition) is 0. The maximum Gasteiger partial charge on any atom is 0.145 e. The van der Waals surface area contributed by atoms with E-state index >= 15 is 0 Å². The van der Waals surface area contributed by atoms with Gasteiger partial charge in [-0.1, -0.05) is 23.7 Å². The van der Waals surface area contributed by atoms with Crippen molar-refractivity contribution in [1.82, 2.24) is 4.90 Å². The van der Waals surface area contributed by atoms with Gasteiger partial charge in [-0.2, -0.15) is 5.26 Å². The third-order valence-corrected chi connectivity index (χ3v) is 3.91. The van der Waals surface area contributed by atoms with Gasteiger partial charge in [-0.15, -0.1) is 11.3 Å². The first-order valence-electron chi connectivity index (χ1n) is 5.70. The van der Waals surface area contributed by atoms with Crippen LogP contribution in [0.15, 0.2) is 30.3 Å². The van der Waals surface area contributed by atoms with Crippen molar-refractivity contribution in [2.75, 3.05) is 7.05 Å². The highest BCUT2D eigenvalue weighted by Crippen LogP contribution is 2.23. The fraction of sp³-hybridized carbons (Fsp3) is 0.214. The fourth-order valence-corrected chi connectivity index (χ4v) is 3.01. The molecule has 2 aromatic rings. The number of halogens is 2. The van der Waals surface area contributed by atoms with Crippen LogP contribution in [-0.2, 0) is 13.1 Å². The van der Waals surface area contributed by atoms with Crippen LogP contribution in [0.2, 0.25) is 4.34 Å². The zero-order valence-electron chi connectivity index (χ0n) is 10.4. The van der Waals surface area contributed by atoms with E-state index in [1.807, 2.05) is 30.1 Å². The van der Waals surface area contributed by atoms with Gasteiger partial charge in [0.1, 0.15) is 11.9 Å². The summed E-state index contributed by atoms with van der Waals surface area (Å²) in [5.41, 5.74) is 0.620. The third kappa shape index (κ3) is 3.54. The lowest BCUT2D eigenvalue weighted by atomic mass is 10.1. The number of nitriles is 1. The molecule has 0 N–H and O–H groups in total. The molecule has 0 radical (unpaired) electrons. The lowest BCUT2D eigenvalue weighted by Gasteiger charge is -2.16. The quantitative estimate of drug-likeness (QED) is 0.851. The smallest absolute Gasteiger partial charge is 0.145 e. The number of nitrogens with zero attached hydrogens (tertiary/aromatic N) is 2. The molecule has 19 heavy (non-hydrogen) atoms. The average Bonchev–Trinajstić information content (AvgIpc) is 2.77. The van der Waals surface area contributed by atoms with Crippen molar-refractivity contribution in [3.8, 4) is 6.07 Å². The molecule has 0 bridgehead atoms. The highest BCUT2D eigenvalue weighted by molar-refractivity contribution is 7.16. The van der Waals surface area contributed by atoms with Gasteiger partial charge in [0.05, 0.1) is 9.90 Å². The molecule has 0 aliphatic heterocycles. The second-order valence-electron chi connectivity index (χ2n) is 4.27. The van der Waals surface area contributed by atoms with E-state index in [0.29, 0.717) is 18.7 Å². The number of thiophene rings is 1. The van der Waals surface area contributed by atoms with Crippen LogP contribution in [0, 0.1) is 17.1 Å². The van der Waals surface area contributed by atoms with Gasteiger partial charge in [-0.25, -0.2) is 4.39 Å². The Morgan fingerprint density at radius 3 is 2.74 bits per heavy atom. The van der Waals surface area contributed by atoms with Crippen LogP contribution >= 0.6 is 22.9 Å². The van der Waals surface area contributed by atoms with Gasteiger partial charge in [0.25, 0.3) is 0 Å². The van der Waals surface area contributed by atoms with Gasteiger partial charge in [-0.3, -0.25) is 4.90 Å². The van der Waals surface area contributed by atoms with Crippen molar-refractivity contribution in [2.24, 2.45) is 0 Å². The van der Waals surface area contributed by atoms with Gasteiger partial charge in [-0.05, 0) is 25.2 Å². The van der Waals surface area contributed by atoms with Crippen molar-refractivity contribution in [2.45, 2.75) is 13.1 Å². The molecule has 2 nitrogen and oxygen atoms in total. The Hall–Kier alpha value is -1.41. The summed E-state index contributed by atoms with van der Waals surface area (Å²) in [4.78, 5) is 3.12. The van der Waals surface area contributed by atoms with Gasteiger partial charge in [0, 0.05) is 23.5 Å². The molecule has 0 saturated carbocycles. The molecule has 98 valence electrons. The molecule has 0 amide bonds. The van der Waals surface area contributed by atoms with E-state index in [-0.39, 0.29) is 5.56 Å². The van der Waals surface area contributed by atoms with Gasteiger partial charge < -0.3 is 0 Å². The van der Waals surface area contributed by atoms with E-state index in [4.69, 9.17) is 16.9 Å². The largest absolute Gasteiger partial charge is 0.297 e. The molecule has 1 aromatic carbocycles. The molecular formula is C14H12ClFN2S. The highest BCUT2D eigenvalue weighted by atomic mass is 35.5. The van der Waals surface area contributed by atoms with Crippen LogP contribution in [0.5, 0.6) is 0 Å². The Balaban J connectivity index is 2.07. The van der Waals surface area contributed by atoms with Crippen LogP contribution in [0.1, 0.15) is 16.0 Å². The van der Waals surface area contributed by atoms with Gasteiger partial charge in [0.15, 0.2) is 0 Å². The second kappa shape index (κ2) is 6.16. The maximum atomic E-state index is 13.9. The molecular weight excluding hydrogens is 283 g/mol. The van der Waals surface area contributed by atoms with Crippen LogP contribution in [0.4, 0.5) is 4.39 Å². The molecule has 2 rings (SSSR count). The minimum Gasteiger partial charge on any atom is -0.297 e. The standard InChI is InChI=1S/C14H12ClFN2S/c1-18(9-12-5-6-13(15)19-12)8-11-4-2-3-10(7-17)14(11)16/h2-6H,8-9H2,1H3. The summed E-state index contributed by atoms with van der Waals surface area (Å²) < 4.78 is 14.7. The summed E-state index contributed by atoms with van der Waals surface area (Å²) in [5.74, 6) is -0.430. The summed E-state index contributed by atoms with van der Waals surface area (Å²) in [6.07, 6.45) is 0. The van der Waals surface area contributed by atoms with Crippen molar-refractivity contribution in [3.63, 3.8) is 0 Å². The normalized spacial score (nSPS) is 10.7. The van der Waals surface area contributed by atoms with Gasteiger partial charge in [0.2, 0.25) is 0 Å². The molecule has 0 aliphatic rings. The molecule has 5 heteroatoms. The second-order valence-corrected chi connectivity index (χ2v) is 6.07. The Bertz CT molecular complexity index is 618. The third-order valence-electron chi connectivity index (χ3n) is 2.69. The van der Waals surface area contributed by atoms with Crippen LogP contribution in [0.3, 0.4) is 0 Å². The molecule has 0 saturated heterocycles. The van der Waals surface area contributed by atoms with Crippen LogP contribution in [0.25, 0.3) is 0 Å². The van der Waals surface area contributed by atoms with Crippen LogP contribution < -0.4 is 0 Å². The molecule has 0 atom stereocenters. The first-order valence-corrected chi connectivity index (χ1v) is 6.90. The molecule has 0 fully saturated rings. The fourth-order valence-electron chi connectivity index (χ4n) is 1.84. The minimum atomic E-state index is -0.430. The molecule has 0 unspecified atom stereocenters. The van der Waals surface area contributed by atoms with E-state index in [9.17, 15) is 4.39 Å². The van der Waals surface area contributed by atoms with E-state index < -0.39 is 5.82 Å². The summed E-state index contributed by atoms with van der Waals surface area (Å²) in [6.45, 7) is 1.16. The predicted octanol–water partition coefficient (Wildman–Crippen LogP) is 4.04. The molecule has 0 spiro atoms. The number of rotatable bonds is 4. The molecule has 0 aliphatic carbocycles. The number of benzene rings is 1. The zero-order valence-corrected chi connectivity index (χ0v) is 11.9. The summed E-state index contributed by atoms with van der Waals surface area (Å²) in [5, 5.41) is 8.80. The van der Waals surface area contributed by atoms with Crippen molar-refractivity contribution < 1.29 is 4.39 Å². The Kier molecular flexibility index (Phi) is 4.54. The van der Waals surface area contributed by atoms with E-state index in [0.717, 1.165) is 9.21 Å². The summed E-state index contributed by atoms with van der Waals surface area (Å²) in [6, 6.07) is 10.6. The average molecular weight is 295 g/mol. The van der Waals surface area contributed by atoms with E-state index in [1.165, 1.54) is 17.4 Å². The molecule has 1 heterocycles. The number of hydrogen-bond acceptors (Lipinski definition) is 3. The van der Waals surface area contributed by atoms with E-state index in [1.54, 1.807) is 12.1 Å². The minimum absolute atomic E-state index is 0.0880. The Morgan fingerprint density at radius 1 is 1.32 bits per heavy atom. The Labute approximate surface area is 120 Å². The predicted molar refractivity (Wildman–Crippen MR) is 75.6 cm³/mol. The van der Waals surface area contributed by atoms with Crippen molar-refractivity contribution in [3.05, 3.63) is 56.5 Å². The topological polar surface area (TPSA) is 27.0 Å². The van der Waals surface area contributed by atoms with Crippen LogP contribution in [-0.4, -0.2) is 11.9 Å². The van der Waals surface area contributed by atoms with Gasteiger partial charge >= 0.3 is 0 Å². The lowest BCUT2D eigenvalue weighted by Crippen LogP contribution is -2.17. The zero-order chi connectivity index (χ0) is 13.8. The SMILES string of the molecule is CN(Cc1ccc(Cl)s1)Cc1cccc(C#N)c1F.